The number of para-hydroxylation sites is 1. The van der Waals surface area contributed by atoms with Gasteiger partial charge in [-0.05, 0) is 36.4 Å². The molecule has 1 aromatic heterocycles. The van der Waals surface area contributed by atoms with Crippen LogP contribution in [0.25, 0.3) is 11.4 Å². The first-order valence-electron chi connectivity index (χ1n) is 7.28. The van der Waals surface area contributed by atoms with E-state index in [1.54, 1.807) is 48.8 Å². The van der Waals surface area contributed by atoms with Crippen LogP contribution in [0.15, 0.2) is 60.9 Å². The van der Waals surface area contributed by atoms with Crippen LogP contribution in [-0.4, -0.2) is 22.5 Å². The fourth-order valence-corrected chi connectivity index (χ4v) is 2.16. The molecule has 0 fully saturated rings. The second kappa shape index (κ2) is 7.11. The summed E-state index contributed by atoms with van der Waals surface area (Å²) in [5.41, 5.74) is 1.98. The molecule has 1 amide bonds. The van der Waals surface area contributed by atoms with Crippen molar-refractivity contribution in [2.24, 2.45) is 0 Å². The largest absolute Gasteiger partial charge is 0.482 e. The Labute approximate surface area is 138 Å². The van der Waals surface area contributed by atoms with Crippen LogP contribution in [0.1, 0.15) is 5.56 Å². The molecular weight excluding hydrogens is 304 g/mol. The van der Waals surface area contributed by atoms with E-state index in [9.17, 15) is 4.79 Å². The first-order chi connectivity index (χ1) is 11.8. The van der Waals surface area contributed by atoms with Crippen molar-refractivity contribution >= 4 is 11.6 Å². The number of nitriles is 1. The summed E-state index contributed by atoms with van der Waals surface area (Å²) in [6.45, 7) is -0.168. The minimum Gasteiger partial charge on any atom is -0.482 e. The molecule has 0 radical (unpaired) electrons. The van der Waals surface area contributed by atoms with Crippen LogP contribution in [0.4, 0.5) is 5.69 Å². The molecule has 0 bridgehead atoms. The standard InChI is InChI=1S/C18H14N4O2/c19-11-14-3-1-2-4-16(14)24-12-17(23)22-15-7-5-13(6-8-15)18-20-9-10-21-18/h1-10H,12H2,(H,20,21)(H,22,23). The van der Waals surface area contributed by atoms with Gasteiger partial charge in [0.25, 0.3) is 5.91 Å². The Morgan fingerprint density at radius 3 is 2.71 bits per heavy atom. The lowest BCUT2D eigenvalue weighted by molar-refractivity contribution is -0.118. The number of nitrogens with one attached hydrogen (secondary N) is 2. The molecule has 0 saturated heterocycles. The Kier molecular flexibility index (Phi) is 4.54. The summed E-state index contributed by atoms with van der Waals surface area (Å²) in [7, 11) is 0. The number of ether oxygens (including phenoxy) is 1. The van der Waals surface area contributed by atoms with Crippen LogP contribution in [-0.2, 0) is 4.79 Å². The summed E-state index contributed by atoms with van der Waals surface area (Å²) >= 11 is 0. The van der Waals surface area contributed by atoms with Gasteiger partial charge in [-0.15, -0.1) is 0 Å². The summed E-state index contributed by atoms with van der Waals surface area (Å²) in [6, 6.07) is 16.1. The number of aromatic amines is 1. The lowest BCUT2D eigenvalue weighted by Gasteiger charge is -2.09. The van der Waals surface area contributed by atoms with Crippen LogP contribution in [0.3, 0.4) is 0 Å². The summed E-state index contributed by atoms with van der Waals surface area (Å²) in [4.78, 5) is 19.1. The van der Waals surface area contributed by atoms with Crippen molar-refractivity contribution in [3.63, 3.8) is 0 Å². The van der Waals surface area contributed by atoms with Crippen LogP contribution in [0.2, 0.25) is 0 Å². The molecule has 118 valence electrons. The zero-order chi connectivity index (χ0) is 16.8. The molecule has 0 saturated carbocycles. The molecule has 1 heterocycles. The summed E-state index contributed by atoms with van der Waals surface area (Å²) in [5, 5.41) is 11.7. The Morgan fingerprint density at radius 2 is 2.00 bits per heavy atom. The van der Waals surface area contributed by atoms with E-state index >= 15 is 0 Å². The van der Waals surface area contributed by atoms with E-state index < -0.39 is 0 Å². The van der Waals surface area contributed by atoms with Gasteiger partial charge in [0.1, 0.15) is 17.6 Å². The minimum atomic E-state index is -0.298. The molecule has 24 heavy (non-hydrogen) atoms. The van der Waals surface area contributed by atoms with Gasteiger partial charge in [0.2, 0.25) is 0 Å². The van der Waals surface area contributed by atoms with Gasteiger partial charge < -0.3 is 15.0 Å². The van der Waals surface area contributed by atoms with E-state index in [4.69, 9.17) is 10.00 Å². The zero-order valence-corrected chi connectivity index (χ0v) is 12.7. The molecule has 2 N–H and O–H groups in total. The summed E-state index contributed by atoms with van der Waals surface area (Å²) < 4.78 is 5.40. The van der Waals surface area contributed by atoms with Crippen molar-refractivity contribution in [3.05, 3.63) is 66.5 Å². The van der Waals surface area contributed by atoms with Gasteiger partial charge in [0, 0.05) is 23.6 Å². The normalized spacial score (nSPS) is 9.96. The molecule has 3 rings (SSSR count). The number of carbonyl (C=O) groups is 1. The number of carbonyl (C=O) groups excluding carboxylic acids is 1. The molecule has 0 atom stereocenters. The summed E-state index contributed by atoms with van der Waals surface area (Å²) in [5.74, 6) is 0.862. The predicted molar refractivity (Wildman–Crippen MR) is 89.3 cm³/mol. The number of amides is 1. The van der Waals surface area contributed by atoms with E-state index in [-0.39, 0.29) is 12.5 Å². The van der Waals surface area contributed by atoms with Gasteiger partial charge in [0.05, 0.1) is 5.56 Å². The molecule has 0 aliphatic rings. The first-order valence-corrected chi connectivity index (χ1v) is 7.28. The minimum absolute atomic E-state index is 0.168. The third-order valence-electron chi connectivity index (χ3n) is 3.31. The lowest BCUT2D eigenvalue weighted by atomic mass is 10.2. The van der Waals surface area contributed by atoms with E-state index in [0.717, 1.165) is 11.4 Å². The van der Waals surface area contributed by atoms with E-state index in [1.165, 1.54) is 0 Å². The maximum absolute atomic E-state index is 12.0. The Bertz CT molecular complexity index is 865. The van der Waals surface area contributed by atoms with Gasteiger partial charge in [-0.25, -0.2) is 4.98 Å². The molecule has 2 aromatic carbocycles. The number of imidazole rings is 1. The van der Waals surface area contributed by atoms with Crippen molar-refractivity contribution in [1.29, 1.82) is 5.26 Å². The number of hydrogen-bond donors (Lipinski definition) is 2. The number of H-pyrrole nitrogens is 1. The van der Waals surface area contributed by atoms with Gasteiger partial charge in [-0.1, -0.05) is 12.1 Å². The fraction of sp³-hybridized carbons (Fsp3) is 0.0556. The van der Waals surface area contributed by atoms with E-state index in [1.807, 2.05) is 18.2 Å². The topological polar surface area (TPSA) is 90.8 Å². The van der Waals surface area contributed by atoms with E-state index in [2.05, 4.69) is 15.3 Å². The predicted octanol–water partition coefficient (Wildman–Crippen LogP) is 2.97. The number of nitrogens with zero attached hydrogens (tertiary/aromatic N) is 2. The Morgan fingerprint density at radius 1 is 1.21 bits per heavy atom. The average Bonchev–Trinajstić information content (AvgIpc) is 3.15. The maximum Gasteiger partial charge on any atom is 0.262 e. The smallest absolute Gasteiger partial charge is 0.262 e. The van der Waals surface area contributed by atoms with Crippen LogP contribution < -0.4 is 10.1 Å². The highest BCUT2D eigenvalue weighted by Gasteiger charge is 2.07. The molecule has 0 unspecified atom stereocenters. The monoisotopic (exact) mass is 318 g/mol. The molecular formula is C18H14N4O2. The summed E-state index contributed by atoms with van der Waals surface area (Å²) in [6.07, 6.45) is 3.43. The number of hydrogen-bond acceptors (Lipinski definition) is 4. The fourth-order valence-electron chi connectivity index (χ4n) is 2.16. The molecule has 0 aliphatic heterocycles. The maximum atomic E-state index is 12.0. The second-order valence-electron chi connectivity index (χ2n) is 4.96. The number of benzene rings is 2. The number of aromatic nitrogens is 2. The van der Waals surface area contributed by atoms with Crippen molar-refractivity contribution in [1.82, 2.24) is 9.97 Å². The van der Waals surface area contributed by atoms with Gasteiger partial charge >= 0.3 is 0 Å². The highest BCUT2D eigenvalue weighted by Crippen LogP contribution is 2.18. The average molecular weight is 318 g/mol. The SMILES string of the molecule is N#Cc1ccccc1OCC(=O)Nc1ccc(-c2ncc[nH]2)cc1. The third kappa shape index (κ3) is 3.59. The van der Waals surface area contributed by atoms with Crippen molar-refractivity contribution in [2.45, 2.75) is 0 Å². The number of rotatable bonds is 5. The van der Waals surface area contributed by atoms with Gasteiger partial charge in [0.15, 0.2) is 6.61 Å². The lowest BCUT2D eigenvalue weighted by Crippen LogP contribution is -2.20. The van der Waals surface area contributed by atoms with Crippen LogP contribution in [0.5, 0.6) is 5.75 Å². The quantitative estimate of drug-likeness (QED) is 0.756. The van der Waals surface area contributed by atoms with Crippen LogP contribution in [0, 0.1) is 11.3 Å². The molecule has 0 aliphatic carbocycles. The highest BCUT2D eigenvalue weighted by atomic mass is 16.5. The Hall–Kier alpha value is -3.59. The number of anilines is 1. The molecule has 3 aromatic rings. The van der Waals surface area contributed by atoms with Crippen molar-refractivity contribution in [2.75, 3.05) is 11.9 Å². The zero-order valence-electron chi connectivity index (χ0n) is 12.7. The van der Waals surface area contributed by atoms with Crippen molar-refractivity contribution < 1.29 is 9.53 Å². The molecule has 6 heteroatoms. The Balaban J connectivity index is 1.58. The molecule has 0 spiro atoms. The highest BCUT2D eigenvalue weighted by molar-refractivity contribution is 5.92. The van der Waals surface area contributed by atoms with Crippen molar-refractivity contribution in [3.8, 4) is 23.2 Å². The second-order valence-corrected chi connectivity index (χ2v) is 4.96. The van der Waals surface area contributed by atoms with E-state index in [0.29, 0.717) is 17.0 Å². The third-order valence-corrected chi connectivity index (χ3v) is 3.31. The van der Waals surface area contributed by atoms with Gasteiger partial charge in [-0.3, -0.25) is 4.79 Å². The van der Waals surface area contributed by atoms with Crippen LogP contribution >= 0.6 is 0 Å². The first kappa shape index (κ1) is 15.3. The van der Waals surface area contributed by atoms with Gasteiger partial charge in [-0.2, -0.15) is 5.26 Å². The molecule has 6 nitrogen and oxygen atoms in total.